The zero-order valence-corrected chi connectivity index (χ0v) is 12.5. The molecular weight excluding hydrogens is 401 g/mol. The van der Waals surface area contributed by atoms with E-state index >= 15 is 0 Å². The number of aromatic nitrogens is 1. The second kappa shape index (κ2) is 6.60. The van der Waals surface area contributed by atoms with Gasteiger partial charge < -0.3 is 9.47 Å². The van der Waals surface area contributed by atoms with Crippen molar-refractivity contribution in [1.82, 2.24) is 4.98 Å². The van der Waals surface area contributed by atoms with Gasteiger partial charge in [0.2, 0.25) is 0 Å². The van der Waals surface area contributed by atoms with Gasteiger partial charge in [-0.2, -0.15) is 0 Å². The first-order valence-corrected chi connectivity index (χ1v) is 6.45. The molecule has 0 amide bonds. The smallest absolute Gasteiger partial charge is 0.469 e. The van der Waals surface area contributed by atoms with Crippen LogP contribution in [0, 0.1) is 3.70 Å². The summed E-state index contributed by atoms with van der Waals surface area (Å²) in [7, 11) is 1.17. The molecule has 0 unspecified atom stereocenters. The third-order valence-corrected chi connectivity index (χ3v) is 2.86. The summed E-state index contributed by atoms with van der Waals surface area (Å²) in [5.41, 5.74) is 0.123. The Morgan fingerprint density at radius 3 is 2.63 bits per heavy atom. The fourth-order valence-electron chi connectivity index (χ4n) is 1.28. The molecule has 1 aromatic heterocycles. The Morgan fingerprint density at radius 1 is 1.53 bits per heavy atom. The van der Waals surface area contributed by atoms with Crippen LogP contribution in [0.25, 0.3) is 0 Å². The van der Waals surface area contributed by atoms with Crippen molar-refractivity contribution in [3.05, 3.63) is 21.0 Å². The molecule has 0 saturated heterocycles. The van der Waals surface area contributed by atoms with Gasteiger partial charge in [-0.25, -0.2) is 4.98 Å². The minimum absolute atomic E-state index is 0.0183. The molecule has 0 N–H and O–H groups in total. The van der Waals surface area contributed by atoms with Gasteiger partial charge in [-0.15, -0.1) is 24.8 Å². The van der Waals surface area contributed by atoms with E-state index in [-0.39, 0.29) is 27.3 Å². The van der Waals surface area contributed by atoms with Crippen LogP contribution in [0.2, 0.25) is 0 Å². The first kappa shape index (κ1) is 16.3. The van der Waals surface area contributed by atoms with Crippen LogP contribution in [-0.2, 0) is 21.8 Å². The van der Waals surface area contributed by atoms with Gasteiger partial charge in [0.05, 0.1) is 25.1 Å². The zero-order valence-electron chi connectivity index (χ0n) is 9.55. The number of esters is 1. The van der Waals surface area contributed by atoms with Crippen molar-refractivity contribution in [2.24, 2.45) is 0 Å². The van der Waals surface area contributed by atoms with Crippen molar-refractivity contribution in [2.75, 3.05) is 7.11 Å². The Morgan fingerprint density at radius 2 is 2.16 bits per heavy atom. The maximum absolute atomic E-state index is 12.3. The monoisotopic (exact) mass is 409 g/mol. The highest BCUT2D eigenvalue weighted by atomic mass is 127. The fourth-order valence-corrected chi connectivity index (χ4v) is 2.14. The highest BCUT2D eigenvalue weighted by Crippen LogP contribution is 2.30. The van der Waals surface area contributed by atoms with Crippen LogP contribution in [0.4, 0.5) is 13.2 Å². The number of ether oxygens (including phenoxy) is 2. The SMILES string of the molecule is COC(=O)Cc1nc(I)cc(OC(F)(F)F)c1CCl. The maximum atomic E-state index is 12.3. The molecular formula is C10H8ClF3INO3. The van der Waals surface area contributed by atoms with Gasteiger partial charge in [-0.05, 0) is 22.6 Å². The Balaban J connectivity index is 3.20. The van der Waals surface area contributed by atoms with Gasteiger partial charge in [-0.1, -0.05) is 0 Å². The van der Waals surface area contributed by atoms with Gasteiger partial charge in [0.1, 0.15) is 9.45 Å². The van der Waals surface area contributed by atoms with E-state index in [0.29, 0.717) is 0 Å². The lowest BCUT2D eigenvalue weighted by Crippen LogP contribution is -2.19. The quantitative estimate of drug-likeness (QED) is 0.332. The van der Waals surface area contributed by atoms with Crippen LogP contribution < -0.4 is 4.74 Å². The van der Waals surface area contributed by atoms with Gasteiger partial charge in [0.25, 0.3) is 0 Å². The van der Waals surface area contributed by atoms with E-state index < -0.39 is 18.1 Å². The summed E-state index contributed by atoms with van der Waals surface area (Å²) in [6.45, 7) is 0. The lowest BCUT2D eigenvalue weighted by Gasteiger charge is -2.15. The van der Waals surface area contributed by atoms with E-state index in [1.807, 2.05) is 0 Å². The molecule has 0 fully saturated rings. The standard InChI is InChI=1S/C10H8ClF3INO3/c1-18-9(17)2-6-5(4-11)7(3-8(15)16-6)19-10(12,13)14/h3H,2,4H2,1H3. The van der Waals surface area contributed by atoms with Crippen LogP contribution in [-0.4, -0.2) is 24.4 Å². The van der Waals surface area contributed by atoms with Gasteiger partial charge >= 0.3 is 12.3 Å². The lowest BCUT2D eigenvalue weighted by atomic mass is 10.1. The Labute approximate surface area is 125 Å². The maximum Gasteiger partial charge on any atom is 0.573 e. The van der Waals surface area contributed by atoms with Gasteiger partial charge in [-0.3, -0.25) is 4.79 Å². The van der Waals surface area contributed by atoms with E-state index in [4.69, 9.17) is 11.6 Å². The molecule has 0 radical (unpaired) electrons. The van der Waals surface area contributed by atoms with E-state index in [1.54, 1.807) is 22.6 Å². The second-order valence-electron chi connectivity index (χ2n) is 3.30. The van der Waals surface area contributed by atoms with Gasteiger partial charge in [0.15, 0.2) is 0 Å². The summed E-state index contributed by atoms with van der Waals surface area (Å²) < 4.78 is 45.4. The minimum atomic E-state index is -4.84. The highest BCUT2D eigenvalue weighted by Gasteiger charge is 2.33. The molecule has 4 nitrogen and oxygen atoms in total. The molecule has 0 aliphatic rings. The molecule has 1 rings (SSSR count). The van der Waals surface area contributed by atoms with E-state index in [2.05, 4.69) is 14.5 Å². The van der Waals surface area contributed by atoms with Crippen molar-refractivity contribution < 1.29 is 27.4 Å². The predicted octanol–water partition coefficient (Wildman–Crippen LogP) is 3.04. The molecule has 19 heavy (non-hydrogen) atoms. The summed E-state index contributed by atoms with van der Waals surface area (Å²) in [4.78, 5) is 15.2. The molecule has 0 spiro atoms. The number of alkyl halides is 4. The van der Waals surface area contributed by atoms with Crippen molar-refractivity contribution in [1.29, 1.82) is 0 Å². The summed E-state index contributed by atoms with van der Waals surface area (Å²) in [5.74, 6) is -1.35. The number of nitrogens with zero attached hydrogens (tertiary/aromatic N) is 1. The third-order valence-electron chi connectivity index (χ3n) is 2.04. The first-order valence-electron chi connectivity index (χ1n) is 4.83. The molecule has 0 aliphatic heterocycles. The van der Waals surface area contributed by atoms with Crippen LogP contribution in [0.5, 0.6) is 5.75 Å². The topological polar surface area (TPSA) is 48.4 Å². The highest BCUT2D eigenvalue weighted by molar-refractivity contribution is 14.1. The largest absolute Gasteiger partial charge is 0.573 e. The Kier molecular flexibility index (Phi) is 5.65. The lowest BCUT2D eigenvalue weighted by molar-refractivity contribution is -0.274. The van der Waals surface area contributed by atoms with Crippen LogP contribution in [0.1, 0.15) is 11.3 Å². The van der Waals surface area contributed by atoms with Crippen molar-refractivity contribution in [2.45, 2.75) is 18.7 Å². The summed E-state index contributed by atoms with van der Waals surface area (Å²) in [6.07, 6.45) is -5.11. The van der Waals surface area contributed by atoms with E-state index in [0.717, 1.165) is 6.07 Å². The number of hydrogen-bond donors (Lipinski definition) is 0. The molecule has 1 heterocycles. The van der Waals surface area contributed by atoms with Crippen LogP contribution >= 0.6 is 34.2 Å². The number of hydrogen-bond acceptors (Lipinski definition) is 4. The molecule has 1 aromatic rings. The first-order chi connectivity index (χ1) is 8.76. The molecule has 0 aliphatic carbocycles. The Bertz CT molecular complexity index is 482. The average Bonchev–Trinajstić information content (AvgIpc) is 2.26. The number of rotatable bonds is 4. The van der Waals surface area contributed by atoms with Crippen LogP contribution in [0.15, 0.2) is 6.07 Å². The number of carbonyl (C=O) groups excluding carboxylic acids is 1. The Hall–Kier alpha value is -0.770. The number of carbonyl (C=O) groups is 1. The molecule has 9 heteroatoms. The summed E-state index contributed by atoms with van der Waals surface area (Å²) >= 11 is 7.32. The van der Waals surface area contributed by atoms with E-state index in [9.17, 15) is 18.0 Å². The fraction of sp³-hybridized carbons (Fsp3) is 0.400. The van der Waals surface area contributed by atoms with Crippen molar-refractivity contribution in [3.8, 4) is 5.75 Å². The third kappa shape index (κ3) is 5.01. The summed E-state index contributed by atoms with van der Waals surface area (Å²) in [5, 5.41) is 0. The van der Waals surface area contributed by atoms with Crippen molar-refractivity contribution in [3.63, 3.8) is 0 Å². The molecule has 0 saturated carbocycles. The normalized spacial score (nSPS) is 11.3. The van der Waals surface area contributed by atoms with Crippen LogP contribution in [0.3, 0.4) is 0 Å². The summed E-state index contributed by atoms with van der Waals surface area (Å²) in [6, 6.07) is 1.10. The number of pyridine rings is 1. The number of halogens is 5. The van der Waals surface area contributed by atoms with Gasteiger partial charge in [0, 0.05) is 11.6 Å². The van der Waals surface area contributed by atoms with E-state index in [1.165, 1.54) is 7.11 Å². The average molecular weight is 410 g/mol. The predicted molar refractivity (Wildman–Crippen MR) is 68.9 cm³/mol. The molecule has 106 valence electrons. The van der Waals surface area contributed by atoms with Crippen molar-refractivity contribution >= 4 is 40.2 Å². The zero-order chi connectivity index (χ0) is 14.6. The molecule has 0 aromatic carbocycles. The number of methoxy groups -OCH3 is 1. The second-order valence-corrected chi connectivity index (χ2v) is 4.68. The minimum Gasteiger partial charge on any atom is -0.469 e. The molecule has 0 bridgehead atoms. The molecule has 0 atom stereocenters.